The van der Waals surface area contributed by atoms with E-state index in [1.54, 1.807) is 6.08 Å². The molecule has 0 atom stereocenters. The van der Waals surface area contributed by atoms with Gasteiger partial charge in [0.25, 0.3) is 0 Å². The predicted molar refractivity (Wildman–Crippen MR) is 84.1 cm³/mol. The maximum Gasteiger partial charge on any atom is 0.130 e. The minimum atomic E-state index is 0.0820. The van der Waals surface area contributed by atoms with Gasteiger partial charge < -0.3 is 4.74 Å². The minimum absolute atomic E-state index is 0.0820. The van der Waals surface area contributed by atoms with Gasteiger partial charge in [0, 0.05) is 4.47 Å². The zero-order valence-corrected chi connectivity index (χ0v) is 12.7. The van der Waals surface area contributed by atoms with Crippen LogP contribution in [-0.4, -0.2) is 0 Å². The highest BCUT2D eigenvalue weighted by atomic mass is 79.9. The van der Waals surface area contributed by atoms with Gasteiger partial charge >= 0.3 is 0 Å². The Balaban J connectivity index is 2.00. The SMILES string of the molecule is N#CC(C#N)=Cc1ccc(OCc2ccc(Br)cc2)cc1. The second-order valence-corrected chi connectivity index (χ2v) is 5.18. The number of ether oxygens (including phenoxy) is 1. The average molecular weight is 339 g/mol. The van der Waals surface area contributed by atoms with E-state index in [-0.39, 0.29) is 5.57 Å². The van der Waals surface area contributed by atoms with Crippen LogP contribution in [0, 0.1) is 22.7 Å². The number of hydrogen-bond acceptors (Lipinski definition) is 3. The average Bonchev–Trinajstić information content (AvgIpc) is 2.53. The molecule has 102 valence electrons. The summed E-state index contributed by atoms with van der Waals surface area (Å²) in [4.78, 5) is 0. The number of benzene rings is 2. The molecule has 0 saturated heterocycles. The Hall–Kier alpha value is -2.56. The van der Waals surface area contributed by atoms with Crippen molar-refractivity contribution in [2.75, 3.05) is 0 Å². The summed E-state index contributed by atoms with van der Waals surface area (Å²) in [5.74, 6) is 0.741. The number of rotatable bonds is 4. The Morgan fingerprint density at radius 2 is 1.62 bits per heavy atom. The molecule has 2 aromatic rings. The third-order valence-electron chi connectivity index (χ3n) is 2.75. The van der Waals surface area contributed by atoms with Gasteiger partial charge in [-0.2, -0.15) is 10.5 Å². The zero-order valence-electron chi connectivity index (χ0n) is 11.1. The van der Waals surface area contributed by atoms with Crippen molar-refractivity contribution in [2.45, 2.75) is 6.61 Å². The molecule has 0 N–H and O–H groups in total. The smallest absolute Gasteiger partial charge is 0.130 e. The highest BCUT2D eigenvalue weighted by molar-refractivity contribution is 9.10. The molecule has 4 heteroatoms. The van der Waals surface area contributed by atoms with Gasteiger partial charge in [-0.25, -0.2) is 0 Å². The van der Waals surface area contributed by atoms with Crippen LogP contribution in [0.15, 0.2) is 58.6 Å². The van der Waals surface area contributed by atoms with Gasteiger partial charge in [-0.05, 0) is 41.5 Å². The number of nitrogens with zero attached hydrogens (tertiary/aromatic N) is 2. The quantitative estimate of drug-likeness (QED) is 0.773. The summed E-state index contributed by atoms with van der Waals surface area (Å²) in [6.07, 6.45) is 1.54. The van der Waals surface area contributed by atoms with Gasteiger partial charge in [0.15, 0.2) is 0 Å². The van der Waals surface area contributed by atoms with E-state index >= 15 is 0 Å². The van der Waals surface area contributed by atoms with E-state index in [1.807, 2.05) is 60.7 Å². The van der Waals surface area contributed by atoms with Crippen molar-refractivity contribution in [1.82, 2.24) is 0 Å². The maximum absolute atomic E-state index is 8.70. The Labute approximate surface area is 131 Å². The lowest BCUT2D eigenvalue weighted by atomic mass is 10.1. The molecule has 0 radical (unpaired) electrons. The Kier molecular flexibility index (Phi) is 5.15. The van der Waals surface area contributed by atoms with Crippen molar-refractivity contribution < 1.29 is 4.74 Å². The molecule has 3 nitrogen and oxygen atoms in total. The molecule has 0 unspecified atom stereocenters. The van der Waals surface area contributed by atoms with Gasteiger partial charge in [-0.1, -0.05) is 40.2 Å². The highest BCUT2D eigenvalue weighted by Crippen LogP contribution is 2.17. The Bertz CT molecular complexity index is 703. The second kappa shape index (κ2) is 7.28. The van der Waals surface area contributed by atoms with E-state index in [1.165, 1.54) is 0 Å². The van der Waals surface area contributed by atoms with E-state index in [0.717, 1.165) is 21.3 Å². The number of halogens is 1. The summed E-state index contributed by atoms with van der Waals surface area (Å²) in [6, 6.07) is 18.8. The predicted octanol–water partition coefficient (Wildman–Crippen LogP) is 4.46. The van der Waals surface area contributed by atoms with Crippen LogP contribution < -0.4 is 4.74 Å². The fourth-order valence-corrected chi connectivity index (χ4v) is 1.93. The standard InChI is InChI=1S/C17H11BrN2O/c18-16-5-1-14(2-6-16)12-21-17-7-3-13(4-8-17)9-15(10-19)11-20/h1-9H,12H2. The first-order valence-electron chi connectivity index (χ1n) is 6.20. The van der Waals surface area contributed by atoms with Crippen LogP contribution in [0.5, 0.6) is 5.75 Å². The zero-order chi connectivity index (χ0) is 15.1. The van der Waals surface area contributed by atoms with Gasteiger partial charge in [-0.3, -0.25) is 0 Å². The van der Waals surface area contributed by atoms with Crippen molar-refractivity contribution in [3.05, 3.63) is 69.7 Å². The van der Waals surface area contributed by atoms with E-state index in [0.29, 0.717) is 6.61 Å². The fraction of sp³-hybridized carbons (Fsp3) is 0.0588. The molecule has 0 fully saturated rings. The van der Waals surface area contributed by atoms with Crippen LogP contribution in [0.1, 0.15) is 11.1 Å². The Morgan fingerprint density at radius 3 is 2.19 bits per heavy atom. The molecule has 0 heterocycles. The van der Waals surface area contributed by atoms with Crippen LogP contribution in [0.2, 0.25) is 0 Å². The van der Waals surface area contributed by atoms with Crippen LogP contribution in [0.4, 0.5) is 0 Å². The molecule has 0 amide bonds. The molecule has 2 rings (SSSR count). The summed E-state index contributed by atoms with van der Waals surface area (Å²) < 4.78 is 6.71. The van der Waals surface area contributed by atoms with Gasteiger partial charge in [0.2, 0.25) is 0 Å². The number of hydrogen-bond donors (Lipinski definition) is 0. The minimum Gasteiger partial charge on any atom is -0.489 e. The van der Waals surface area contributed by atoms with E-state index in [9.17, 15) is 0 Å². The van der Waals surface area contributed by atoms with Crippen molar-refractivity contribution in [2.24, 2.45) is 0 Å². The van der Waals surface area contributed by atoms with Crippen molar-refractivity contribution in [1.29, 1.82) is 10.5 Å². The summed E-state index contributed by atoms with van der Waals surface area (Å²) in [7, 11) is 0. The molecule has 0 aromatic heterocycles. The Morgan fingerprint density at radius 1 is 1.00 bits per heavy atom. The first-order chi connectivity index (χ1) is 10.2. The first kappa shape index (κ1) is 14.8. The molecule has 0 aliphatic rings. The third kappa shape index (κ3) is 4.49. The van der Waals surface area contributed by atoms with E-state index < -0.39 is 0 Å². The normalized spacial score (nSPS) is 9.29. The molecular formula is C17H11BrN2O. The van der Waals surface area contributed by atoms with Crippen LogP contribution in [-0.2, 0) is 6.61 Å². The van der Waals surface area contributed by atoms with Crippen LogP contribution >= 0.6 is 15.9 Å². The lowest BCUT2D eigenvalue weighted by Crippen LogP contribution is -1.94. The summed E-state index contributed by atoms with van der Waals surface area (Å²) in [6.45, 7) is 0.490. The van der Waals surface area contributed by atoms with Crippen molar-refractivity contribution in [3.63, 3.8) is 0 Å². The lowest BCUT2D eigenvalue weighted by molar-refractivity contribution is 0.306. The van der Waals surface area contributed by atoms with Crippen LogP contribution in [0.25, 0.3) is 6.08 Å². The second-order valence-electron chi connectivity index (χ2n) is 4.27. The number of nitriles is 2. The maximum atomic E-state index is 8.70. The largest absolute Gasteiger partial charge is 0.489 e. The number of allylic oxidation sites excluding steroid dienone is 1. The van der Waals surface area contributed by atoms with Crippen molar-refractivity contribution >= 4 is 22.0 Å². The topological polar surface area (TPSA) is 56.8 Å². The lowest BCUT2D eigenvalue weighted by Gasteiger charge is -2.06. The summed E-state index contributed by atoms with van der Waals surface area (Å²) in [5.41, 5.74) is 1.96. The molecule has 0 spiro atoms. The van der Waals surface area contributed by atoms with Crippen molar-refractivity contribution in [3.8, 4) is 17.9 Å². The highest BCUT2D eigenvalue weighted by Gasteiger charge is 1.98. The molecular weight excluding hydrogens is 328 g/mol. The fourth-order valence-electron chi connectivity index (χ4n) is 1.66. The molecule has 0 bridgehead atoms. The van der Waals surface area contributed by atoms with Gasteiger partial charge in [0.1, 0.15) is 30.1 Å². The molecule has 0 aliphatic carbocycles. The van der Waals surface area contributed by atoms with Crippen LogP contribution in [0.3, 0.4) is 0 Å². The van der Waals surface area contributed by atoms with E-state index in [2.05, 4.69) is 15.9 Å². The van der Waals surface area contributed by atoms with Gasteiger partial charge in [-0.15, -0.1) is 0 Å². The molecule has 2 aromatic carbocycles. The molecule has 21 heavy (non-hydrogen) atoms. The molecule has 0 saturated carbocycles. The molecule has 0 aliphatic heterocycles. The third-order valence-corrected chi connectivity index (χ3v) is 3.28. The van der Waals surface area contributed by atoms with Gasteiger partial charge in [0.05, 0.1) is 0 Å². The van der Waals surface area contributed by atoms with E-state index in [4.69, 9.17) is 15.3 Å². The monoisotopic (exact) mass is 338 g/mol. The first-order valence-corrected chi connectivity index (χ1v) is 7.00. The summed E-state index contributed by atoms with van der Waals surface area (Å²) >= 11 is 3.39. The summed E-state index contributed by atoms with van der Waals surface area (Å²) in [5, 5.41) is 17.4.